The highest BCUT2D eigenvalue weighted by atomic mass is 28.4. The molecule has 0 radical (unpaired) electrons. The molecule has 136 valence electrons. The van der Waals surface area contributed by atoms with Gasteiger partial charge < -0.3 is 4.43 Å². The topological polar surface area (TPSA) is 46.6 Å². The van der Waals surface area contributed by atoms with E-state index in [4.69, 9.17) is 4.43 Å². The van der Waals surface area contributed by atoms with Gasteiger partial charge in [-0.05, 0) is 55.4 Å². The van der Waals surface area contributed by atoms with Crippen molar-refractivity contribution >= 4 is 20.1 Å². The summed E-state index contributed by atoms with van der Waals surface area (Å²) >= 11 is 0. The van der Waals surface area contributed by atoms with Crippen molar-refractivity contribution in [2.24, 2.45) is 5.92 Å². The molecule has 2 amide bonds. The molecule has 1 atom stereocenters. The van der Waals surface area contributed by atoms with E-state index in [1.807, 2.05) is 12.1 Å². The van der Waals surface area contributed by atoms with Crippen molar-refractivity contribution in [3.63, 3.8) is 0 Å². The Hall–Kier alpha value is -1.46. The Bertz CT molecular complexity index is 653. The SMILES string of the molecule is CC(C)(C)[Si](C)(C)OCCC(C1CC1)N1C(=O)c2ccccc2C1=O. The maximum atomic E-state index is 12.8. The van der Waals surface area contributed by atoms with E-state index in [1.54, 1.807) is 12.1 Å². The first-order valence-corrected chi connectivity index (χ1v) is 12.2. The fourth-order valence-electron chi connectivity index (χ4n) is 3.22. The zero-order valence-electron chi connectivity index (χ0n) is 16.0. The fraction of sp³-hybridized carbons (Fsp3) is 0.600. The van der Waals surface area contributed by atoms with Gasteiger partial charge in [-0.15, -0.1) is 0 Å². The number of nitrogens with zero attached hydrogens (tertiary/aromatic N) is 1. The Morgan fingerprint density at radius 3 is 2.08 bits per heavy atom. The van der Waals surface area contributed by atoms with Crippen LogP contribution in [0.3, 0.4) is 0 Å². The van der Waals surface area contributed by atoms with E-state index < -0.39 is 8.32 Å². The Morgan fingerprint density at radius 1 is 1.12 bits per heavy atom. The first kappa shape index (κ1) is 18.3. The van der Waals surface area contributed by atoms with E-state index in [0.29, 0.717) is 23.7 Å². The molecule has 1 aliphatic carbocycles. The second kappa shape index (κ2) is 6.36. The zero-order chi connectivity index (χ0) is 18.4. The van der Waals surface area contributed by atoms with Crippen LogP contribution >= 0.6 is 0 Å². The van der Waals surface area contributed by atoms with Crippen LogP contribution in [0.4, 0.5) is 0 Å². The van der Waals surface area contributed by atoms with E-state index in [1.165, 1.54) is 4.90 Å². The van der Waals surface area contributed by atoms with Crippen LogP contribution < -0.4 is 0 Å². The first-order chi connectivity index (χ1) is 11.6. The van der Waals surface area contributed by atoms with Gasteiger partial charge in [-0.1, -0.05) is 32.9 Å². The number of imide groups is 1. The summed E-state index contributed by atoms with van der Waals surface area (Å²) in [7, 11) is -1.81. The summed E-state index contributed by atoms with van der Waals surface area (Å²) in [6.45, 7) is 11.8. The summed E-state index contributed by atoms with van der Waals surface area (Å²) in [5.41, 5.74) is 1.09. The van der Waals surface area contributed by atoms with Crippen molar-refractivity contribution in [1.82, 2.24) is 4.90 Å². The largest absolute Gasteiger partial charge is 0.417 e. The summed E-state index contributed by atoms with van der Waals surface area (Å²) < 4.78 is 6.30. The van der Waals surface area contributed by atoms with Crippen LogP contribution in [0.1, 0.15) is 60.7 Å². The molecule has 25 heavy (non-hydrogen) atoms. The number of rotatable bonds is 6. The minimum atomic E-state index is -1.81. The second-order valence-corrected chi connectivity index (χ2v) is 13.6. The van der Waals surface area contributed by atoms with Gasteiger partial charge in [0.1, 0.15) is 0 Å². The molecule has 0 aromatic heterocycles. The highest BCUT2D eigenvalue weighted by Gasteiger charge is 2.46. The standard InChI is InChI=1S/C20H29NO3Si/c1-20(2,3)25(4,5)24-13-12-17(14-10-11-14)21-18(22)15-8-6-7-9-16(15)19(21)23/h6-9,14,17H,10-13H2,1-5H3. The lowest BCUT2D eigenvalue weighted by Crippen LogP contribution is -2.44. The summed E-state index contributed by atoms with van der Waals surface area (Å²) in [5.74, 6) is 0.167. The molecule has 1 fully saturated rings. The maximum absolute atomic E-state index is 12.8. The normalized spacial score (nSPS) is 19.3. The summed E-state index contributed by atoms with van der Waals surface area (Å²) in [6.07, 6.45) is 2.93. The Balaban J connectivity index is 1.71. The van der Waals surface area contributed by atoms with Crippen molar-refractivity contribution in [2.75, 3.05) is 6.61 Å². The van der Waals surface area contributed by atoms with Gasteiger partial charge in [0.2, 0.25) is 0 Å². The van der Waals surface area contributed by atoms with Gasteiger partial charge in [0.25, 0.3) is 11.8 Å². The van der Waals surface area contributed by atoms with E-state index >= 15 is 0 Å². The molecule has 1 aliphatic heterocycles. The van der Waals surface area contributed by atoms with Crippen molar-refractivity contribution in [3.05, 3.63) is 35.4 Å². The molecular weight excluding hydrogens is 330 g/mol. The van der Waals surface area contributed by atoms with Crippen LogP contribution in [0.2, 0.25) is 18.1 Å². The van der Waals surface area contributed by atoms with Gasteiger partial charge >= 0.3 is 0 Å². The number of amides is 2. The molecule has 3 rings (SSSR count). The van der Waals surface area contributed by atoms with Crippen LogP contribution in [0, 0.1) is 5.92 Å². The molecule has 1 unspecified atom stereocenters. The van der Waals surface area contributed by atoms with Gasteiger partial charge in [-0.25, -0.2) is 0 Å². The minimum Gasteiger partial charge on any atom is -0.417 e. The number of benzene rings is 1. The number of carbonyl (C=O) groups is 2. The lowest BCUT2D eigenvalue weighted by atomic mass is 10.1. The summed E-state index contributed by atoms with van der Waals surface area (Å²) in [4.78, 5) is 27.1. The first-order valence-electron chi connectivity index (χ1n) is 9.24. The molecule has 0 N–H and O–H groups in total. The Morgan fingerprint density at radius 2 is 1.64 bits per heavy atom. The molecule has 2 aliphatic rings. The lowest BCUT2D eigenvalue weighted by molar-refractivity contribution is 0.0539. The predicted octanol–water partition coefficient (Wildman–Crippen LogP) is 4.47. The number of hydrogen-bond donors (Lipinski definition) is 0. The van der Waals surface area contributed by atoms with Crippen LogP contribution in [0.15, 0.2) is 24.3 Å². The molecular formula is C20H29NO3Si. The quantitative estimate of drug-likeness (QED) is 0.556. The highest BCUT2D eigenvalue weighted by molar-refractivity contribution is 6.74. The van der Waals surface area contributed by atoms with Crippen LogP contribution in [0.5, 0.6) is 0 Å². The van der Waals surface area contributed by atoms with Crippen molar-refractivity contribution in [2.45, 2.75) is 64.2 Å². The molecule has 5 heteroatoms. The molecule has 4 nitrogen and oxygen atoms in total. The molecule has 0 bridgehead atoms. The molecule has 1 heterocycles. The fourth-order valence-corrected chi connectivity index (χ4v) is 4.28. The molecule has 0 saturated heterocycles. The second-order valence-electron chi connectivity index (χ2n) is 8.83. The zero-order valence-corrected chi connectivity index (χ0v) is 17.0. The highest BCUT2D eigenvalue weighted by Crippen LogP contribution is 2.41. The summed E-state index contributed by atoms with van der Waals surface area (Å²) in [6, 6.07) is 7.12. The molecule has 1 saturated carbocycles. The smallest absolute Gasteiger partial charge is 0.261 e. The van der Waals surface area contributed by atoms with Crippen LogP contribution in [-0.4, -0.2) is 37.7 Å². The third kappa shape index (κ3) is 3.44. The lowest BCUT2D eigenvalue weighted by Gasteiger charge is -2.37. The van der Waals surface area contributed by atoms with E-state index in [2.05, 4.69) is 33.9 Å². The van der Waals surface area contributed by atoms with E-state index in [9.17, 15) is 9.59 Å². The average Bonchev–Trinajstić information content (AvgIpc) is 3.33. The number of carbonyl (C=O) groups excluding carboxylic acids is 2. The van der Waals surface area contributed by atoms with Gasteiger partial charge in [0, 0.05) is 12.6 Å². The summed E-state index contributed by atoms with van der Waals surface area (Å²) in [5, 5.41) is 0.164. The third-order valence-corrected chi connectivity index (χ3v) is 10.5. The van der Waals surface area contributed by atoms with Gasteiger partial charge in [0.15, 0.2) is 8.32 Å². The number of fused-ring (bicyclic) bond motifs is 1. The van der Waals surface area contributed by atoms with Crippen molar-refractivity contribution < 1.29 is 14.0 Å². The van der Waals surface area contributed by atoms with E-state index in [0.717, 1.165) is 19.3 Å². The number of hydrogen-bond acceptors (Lipinski definition) is 3. The molecule has 0 spiro atoms. The average molecular weight is 360 g/mol. The Labute approximate surface area is 151 Å². The minimum absolute atomic E-state index is 0.0304. The van der Waals surface area contributed by atoms with Gasteiger partial charge in [-0.2, -0.15) is 0 Å². The van der Waals surface area contributed by atoms with Crippen LogP contribution in [0.25, 0.3) is 0 Å². The van der Waals surface area contributed by atoms with Crippen molar-refractivity contribution in [1.29, 1.82) is 0 Å². The van der Waals surface area contributed by atoms with Gasteiger partial charge in [0.05, 0.1) is 11.1 Å². The third-order valence-electron chi connectivity index (χ3n) is 6.01. The van der Waals surface area contributed by atoms with Gasteiger partial charge in [-0.3, -0.25) is 14.5 Å². The van der Waals surface area contributed by atoms with E-state index in [-0.39, 0.29) is 22.9 Å². The predicted molar refractivity (Wildman–Crippen MR) is 101 cm³/mol. The Kier molecular flexibility index (Phi) is 4.66. The maximum Gasteiger partial charge on any atom is 0.261 e. The van der Waals surface area contributed by atoms with Crippen LogP contribution in [-0.2, 0) is 4.43 Å². The monoisotopic (exact) mass is 359 g/mol. The molecule has 1 aromatic rings. The van der Waals surface area contributed by atoms with Crippen molar-refractivity contribution in [3.8, 4) is 0 Å². The molecule has 1 aromatic carbocycles.